The van der Waals surface area contributed by atoms with Gasteiger partial charge in [0.1, 0.15) is 17.4 Å². The van der Waals surface area contributed by atoms with Crippen molar-refractivity contribution in [1.82, 2.24) is 29.4 Å². The second kappa shape index (κ2) is 12.3. The molecule has 2 aromatic carbocycles. The predicted octanol–water partition coefficient (Wildman–Crippen LogP) is 7.44. The number of carbonyl (C=O) groups is 2. The zero-order valence-electron chi connectivity index (χ0n) is 26.0. The van der Waals surface area contributed by atoms with Crippen LogP contribution >= 0.6 is 27.5 Å². The maximum atomic E-state index is 13.5. The molecule has 0 aliphatic carbocycles. The number of imidazole rings is 1. The Balaban J connectivity index is 1.24. The Morgan fingerprint density at radius 1 is 1.04 bits per heavy atom. The number of carbonyl (C=O) groups excluding carboxylic acids is 2. The van der Waals surface area contributed by atoms with Crippen LogP contribution in [0.5, 0.6) is 0 Å². The Hall–Kier alpha value is -4.55. The van der Waals surface area contributed by atoms with E-state index in [9.17, 15) is 9.59 Å². The summed E-state index contributed by atoms with van der Waals surface area (Å²) in [7, 11) is 1.80. The molecule has 46 heavy (non-hydrogen) atoms. The number of halogens is 2. The third-order valence-corrected chi connectivity index (χ3v) is 8.52. The van der Waals surface area contributed by atoms with Crippen molar-refractivity contribution in [2.24, 2.45) is 7.05 Å². The van der Waals surface area contributed by atoms with E-state index >= 15 is 0 Å². The first-order chi connectivity index (χ1) is 21.9. The zero-order chi connectivity index (χ0) is 32.7. The van der Waals surface area contributed by atoms with Crippen LogP contribution in [0.2, 0.25) is 5.02 Å². The molecule has 0 spiro atoms. The van der Waals surface area contributed by atoms with Crippen molar-refractivity contribution in [2.75, 3.05) is 17.2 Å². The quantitative estimate of drug-likeness (QED) is 0.193. The molecule has 11 nitrogen and oxygen atoms in total. The van der Waals surface area contributed by atoms with Gasteiger partial charge in [-0.25, -0.2) is 24.7 Å². The van der Waals surface area contributed by atoms with Gasteiger partial charge in [-0.2, -0.15) is 0 Å². The Morgan fingerprint density at radius 3 is 2.54 bits per heavy atom. The number of anilines is 3. The number of benzene rings is 2. The number of ether oxygens (including phenoxy) is 1. The number of fused-ring (bicyclic) bond motifs is 2. The molecule has 0 bridgehead atoms. The molecular weight excluding hydrogens is 672 g/mol. The van der Waals surface area contributed by atoms with E-state index in [1.165, 1.54) is 6.33 Å². The molecule has 6 rings (SSSR count). The monoisotopic (exact) mass is 702 g/mol. The van der Waals surface area contributed by atoms with Crippen molar-refractivity contribution >= 4 is 67.8 Å². The molecule has 0 radical (unpaired) electrons. The van der Waals surface area contributed by atoms with Crippen LogP contribution in [0.3, 0.4) is 0 Å². The van der Waals surface area contributed by atoms with E-state index in [1.54, 1.807) is 28.8 Å². The third kappa shape index (κ3) is 6.27. The van der Waals surface area contributed by atoms with Gasteiger partial charge in [0.2, 0.25) is 0 Å². The predicted molar refractivity (Wildman–Crippen MR) is 181 cm³/mol. The van der Waals surface area contributed by atoms with Crippen LogP contribution in [0, 0.1) is 6.92 Å². The number of nitrogens with zero attached hydrogens (tertiary/aromatic N) is 6. The standard InChI is InChI=1S/C33H32BrClN8O3/c1-18-20(8-6-10-22(18)39-29-28-24(37-17-38-29)14-19(34)15-36-28)21-9-7-11-23(27(21)35)41-31(44)30-40-25-16-43(13-12-26(25)42(30)5)32(45)46-33(2,3)4/h6-11,14-15,17H,12-13,16H2,1-5H3,(H,41,44)(H,37,38,39). The van der Waals surface area contributed by atoms with Crippen LogP contribution in [0.1, 0.15) is 48.3 Å². The van der Waals surface area contributed by atoms with Crippen LogP contribution in [-0.2, 0) is 24.8 Å². The molecule has 13 heteroatoms. The van der Waals surface area contributed by atoms with Gasteiger partial charge in [-0.1, -0.05) is 35.9 Å². The van der Waals surface area contributed by atoms with Crippen molar-refractivity contribution in [1.29, 1.82) is 0 Å². The van der Waals surface area contributed by atoms with E-state index in [0.29, 0.717) is 46.2 Å². The SMILES string of the molecule is Cc1c(Nc2ncnc3cc(Br)cnc23)cccc1-c1cccc(NC(=O)c2nc3c(n2C)CCN(C(=O)OC(C)(C)C)C3)c1Cl. The molecule has 5 aromatic rings. The normalized spacial score (nSPS) is 13.0. The average molecular weight is 704 g/mol. The number of hydrogen-bond donors (Lipinski definition) is 2. The number of aromatic nitrogens is 5. The molecule has 4 heterocycles. The lowest BCUT2D eigenvalue weighted by atomic mass is 9.98. The molecule has 1 aliphatic rings. The molecule has 0 saturated heterocycles. The summed E-state index contributed by atoms with van der Waals surface area (Å²) in [4.78, 5) is 45.6. The maximum absolute atomic E-state index is 13.5. The smallest absolute Gasteiger partial charge is 0.410 e. The highest BCUT2D eigenvalue weighted by molar-refractivity contribution is 9.10. The summed E-state index contributed by atoms with van der Waals surface area (Å²) in [5.41, 5.74) is 6.18. The average Bonchev–Trinajstić information content (AvgIpc) is 3.34. The highest BCUT2D eigenvalue weighted by Gasteiger charge is 2.30. The van der Waals surface area contributed by atoms with Gasteiger partial charge in [-0.05, 0) is 73.0 Å². The molecule has 1 aliphatic heterocycles. The summed E-state index contributed by atoms with van der Waals surface area (Å²) < 4.78 is 8.13. The second-order valence-corrected chi connectivity index (χ2v) is 13.3. The fraction of sp³-hybridized carbons (Fsp3) is 0.273. The first-order valence-electron chi connectivity index (χ1n) is 14.6. The van der Waals surface area contributed by atoms with Crippen molar-refractivity contribution < 1.29 is 14.3 Å². The second-order valence-electron chi connectivity index (χ2n) is 12.0. The first kappa shape index (κ1) is 31.4. The van der Waals surface area contributed by atoms with E-state index in [-0.39, 0.29) is 12.4 Å². The highest BCUT2D eigenvalue weighted by atomic mass is 79.9. The van der Waals surface area contributed by atoms with Crippen LogP contribution in [-0.4, -0.2) is 53.5 Å². The van der Waals surface area contributed by atoms with Crippen molar-refractivity contribution in [3.63, 3.8) is 0 Å². The van der Waals surface area contributed by atoms with E-state index in [1.807, 2.05) is 64.1 Å². The van der Waals surface area contributed by atoms with Gasteiger partial charge in [0.05, 0.1) is 28.5 Å². The lowest BCUT2D eigenvalue weighted by Gasteiger charge is -2.29. The summed E-state index contributed by atoms with van der Waals surface area (Å²) in [6.45, 7) is 8.23. The van der Waals surface area contributed by atoms with Gasteiger partial charge >= 0.3 is 6.09 Å². The lowest BCUT2D eigenvalue weighted by molar-refractivity contribution is 0.0220. The van der Waals surface area contributed by atoms with Crippen LogP contribution in [0.4, 0.5) is 22.0 Å². The van der Waals surface area contributed by atoms with Gasteiger partial charge in [-0.15, -0.1) is 0 Å². The molecule has 3 aromatic heterocycles. The summed E-state index contributed by atoms with van der Waals surface area (Å²) in [5, 5.41) is 6.74. The van der Waals surface area contributed by atoms with Crippen molar-refractivity contribution in [3.8, 4) is 11.1 Å². The van der Waals surface area contributed by atoms with Crippen LogP contribution in [0.15, 0.2) is 59.5 Å². The number of amides is 2. The highest BCUT2D eigenvalue weighted by Crippen LogP contribution is 2.38. The van der Waals surface area contributed by atoms with Gasteiger partial charge in [0, 0.05) is 47.6 Å². The minimum Gasteiger partial charge on any atom is -0.444 e. The third-order valence-electron chi connectivity index (χ3n) is 7.68. The molecule has 0 fully saturated rings. The molecule has 0 unspecified atom stereocenters. The first-order valence-corrected chi connectivity index (χ1v) is 15.8. The fourth-order valence-electron chi connectivity index (χ4n) is 5.43. The minimum atomic E-state index is -0.599. The van der Waals surface area contributed by atoms with Gasteiger partial charge < -0.3 is 24.8 Å². The summed E-state index contributed by atoms with van der Waals surface area (Å²) in [6, 6.07) is 13.3. The summed E-state index contributed by atoms with van der Waals surface area (Å²) in [6.07, 6.45) is 3.36. The molecule has 0 saturated carbocycles. The van der Waals surface area contributed by atoms with E-state index in [4.69, 9.17) is 16.3 Å². The van der Waals surface area contributed by atoms with E-state index < -0.39 is 17.6 Å². The number of rotatable bonds is 5. The largest absolute Gasteiger partial charge is 0.444 e. The topological polar surface area (TPSA) is 127 Å². The molecule has 2 N–H and O–H groups in total. The van der Waals surface area contributed by atoms with Gasteiger partial charge in [0.25, 0.3) is 5.91 Å². The van der Waals surface area contributed by atoms with Gasteiger partial charge in [-0.3, -0.25) is 4.79 Å². The number of pyridine rings is 1. The Bertz CT molecular complexity index is 2010. The number of nitrogens with one attached hydrogen (secondary N) is 2. The Morgan fingerprint density at radius 2 is 1.78 bits per heavy atom. The maximum Gasteiger partial charge on any atom is 0.410 e. The summed E-state index contributed by atoms with van der Waals surface area (Å²) >= 11 is 10.4. The molecule has 0 atom stereocenters. The molecule has 2 amide bonds. The molecule has 236 valence electrons. The molecular formula is C33H32BrClN8O3. The fourth-order valence-corrected chi connectivity index (χ4v) is 6.02. The Labute approximate surface area is 279 Å². The zero-order valence-corrected chi connectivity index (χ0v) is 28.3. The van der Waals surface area contributed by atoms with Crippen LogP contribution < -0.4 is 10.6 Å². The van der Waals surface area contributed by atoms with E-state index in [0.717, 1.165) is 32.5 Å². The number of hydrogen-bond acceptors (Lipinski definition) is 8. The minimum absolute atomic E-state index is 0.234. The van der Waals surface area contributed by atoms with Gasteiger partial charge in [0.15, 0.2) is 11.6 Å². The van der Waals surface area contributed by atoms with Crippen molar-refractivity contribution in [2.45, 2.75) is 46.3 Å². The lowest BCUT2D eigenvalue weighted by Crippen LogP contribution is -2.40. The van der Waals surface area contributed by atoms with E-state index in [2.05, 4.69) is 46.5 Å². The summed E-state index contributed by atoms with van der Waals surface area (Å²) in [5.74, 6) is 0.413. The van der Waals surface area contributed by atoms with Crippen LogP contribution in [0.25, 0.3) is 22.2 Å². The Kier molecular flexibility index (Phi) is 8.43. The van der Waals surface area contributed by atoms with Crippen molar-refractivity contribution in [3.05, 3.63) is 87.3 Å².